The van der Waals surface area contributed by atoms with Crippen molar-refractivity contribution in [3.05, 3.63) is 28.8 Å². The van der Waals surface area contributed by atoms with Crippen LogP contribution in [0.4, 0.5) is 0 Å². The summed E-state index contributed by atoms with van der Waals surface area (Å²) in [4.78, 5) is 3.86. The molecule has 0 unspecified atom stereocenters. The number of nitrogens with zero attached hydrogens (tertiary/aromatic N) is 1. The largest absolute Gasteiger partial charge is 0.493 e. The summed E-state index contributed by atoms with van der Waals surface area (Å²) < 4.78 is 5.56. The smallest absolute Gasteiger partial charge is 0.185 e. The molecule has 6 heteroatoms. The molecule has 0 aromatic heterocycles. The van der Waals surface area contributed by atoms with Crippen LogP contribution in [0.15, 0.2) is 23.2 Å². The summed E-state index contributed by atoms with van der Waals surface area (Å²) in [6.07, 6.45) is 0.778. The summed E-state index contributed by atoms with van der Waals surface area (Å²) in [6.45, 7) is 3.12. The highest BCUT2D eigenvalue weighted by Gasteiger charge is 1.99. The average molecular weight is 370 g/mol. The second kappa shape index (κ2) is 8.41. The van der Waals surface area contributed by atoms with Crippen molar-refractivity contribution in [2.24, 2.45) is 16.5 Å². The van der Waals surface area contributed by atoms with E-state index in [0.717, 1.165) is 17.7 Å². The minimum atomic E-state index is 0. The van der Waals surface area contributed by atoms with Gasteiger partial charge >= 0.3 is 0 Å². The van der Waals surface area contributed by atoms with Crippen molar-refractivity contribution in [1.29, 1.82) is 0 Å². The molecule has 17 heavy (non-hydrogen) atoms. The first kappa shape index (κ1) is 16.3. The van der Waals surface area contributed by atoms with Crippen molar-refractivity contribution in [2.45, 2.75) is 13.3 Å². The fourth-order valence-corrected chi connectivity index (χ4v) is 1.46. The van der Waals surface area contributed by atoms with Crippen LogP contribution in [0.2, 0.25) is 5.02 Å². The van der Waals surface area contributed by atoms with E-state index in [1.54, 1.807) is 6.07 Å². The van der Waals surface area contributed by atoms with Crippen molar-refractivity contribution in [3.8, 4) is 5.75 Å². The van der Waals surface area contributed by atoms with Crippen LogP contribution in [0.25, 0.3) is 0 Å². The third-order valence-corrected chi connectivity index (χ3v) is 2.23. The van der Waals surface area contributed by atoms with E-state index in [2.05, 4.69) is 4.99 Å². The van der Waals surface area contributed by atoms with Gasteiger partial charge in [0.2, 0.25) is 0 Å². The van der Waals surface area contributed by atoms with Gasteiger partial charge in [-0.25, -0.2) is 0 Å². The van der Waals surface area contributed by atoms with E-state index in [1.807, 2.05) is 19.1 Å². The number of halogens is 2. The number of benzene rings is 1. The Kier molecular flexibility index (Phi) is 8.07. The lowest BCUT2D eigenvalue weighted by atomic mass is 10.2. The first-order valence-corrected chi connectivity index (χ1v) is 5.41. The van der Waals surface area contributed by atoms with Gasteiger partial charge in [0.05, 0.1) is 6.61 Å². The molecule has 1 aromatic rings. The number of guanidine groups is 1. The zero-order chi connectivity index (χ0) is 12.0. The molecule has 0 saturated heterocycles. The van der Waals surface area contributed by atoms with Gasteiger partial charge in [0.1, 0.15) is 5.75 Å². The maximum atomic E-state index is 5.83. The third-order valence-electron chi connectivity index (χ3n) is 1.99. The van der Waals surface area contributed by atoms with Crippen LogP contribution in [0.1, 0.15) is 12.0 Å². The lowest BCUT2D eigenvalue weighted by Gasteiger charge is -2.08. The predicted molar refractivity (Wildman–Crippen MR) is 82.4 cm³/mol. The molecule has 0 fully saturated rings. The van der Waals surface area contributed by atoms with Crippen LogP contribution in [0.3, 0.4) is 0 Å². The number of hydrogen-bond acceptors (Lipinski definition) is 2. The lowest BCUT2D eigenvalue weighted by Crippen LogP contribution is -2.23. The van der Waals surface area contributed by atoms with Crippen molar-refractivity contribution >= 4 is 41.5 Å². The van der Waals surface area contributed by atoms with Crippen LogP contribution in [0, 0.1) is 6.92 Å². The minimum absolute atomic E-state index is 0. The van der Waals surface area contributed by atoms with E-state index >= 15 is 0 Å². The highest BCUT2D eigenvalue weighted by molar-refractivity contribution is 14.0. The number of aryl methyl sites for hydroxylation is 1. The van der Waals surface area contributed by atoms with Crippen LogP contribution in [-0.2, 0) is 0 Å². The third kappa shape index (κ3) is 6.58. The average Bonchev–Trinajstić information content (AvgIpc) is 2.20. The molecule has 4 nitrogen and oxygen atoms in total. The van der Waals surface area contributed by atoms with Gasteiger partial charge in [-0.15, -0.1) is 24.0 Å². The molecule has 4 N–H and O–H groups in total. The molecular formula is C11H17ClIN3O. The van der Waals surface area contributed by atoms with Crippen molar-refractivity contribution < 1.29 is 4.74 Å². The highest BCUT2D eigenvalue weighted by Crippen LogP contribution is 2.21. The van der Waals surface area contributed by atoms with Gasteiger partial charge in [0.15, 0.2) is 5.96 Å². The molecule has 1 aromatic carbocycles. The molecule has 96 valence electrons. The minimum Gasteiger partial charge on any atom is -0.493 e. The molecule has 1 rings (SSSR count). The van der Waals surface area contributed by atoms with Gasteiger partial charge in [-0.2, -0.15) is 0 Å². The zero-order valence-electron chi connectivity index (χ0n) is 9.65. The Morgan fingerprint density at radius 3 is 2.71 bits per heavy atom. The maximum Gasteiger partial charge on any atom is 0.185 e. The van der Waals surface area contributed by atoms with E-state index in [0.29, 0.717) is 18.2 Å². The second-order valence-electron chi connectivity index (χ2n) is 3.42. The number of ether oxygens (including phenoxy) is 1. The van der Waals surface area contributed by atoms with E-state index < -0.39 is 0 Å². The topological polar surface area (TPSA) is 73.6 Å². The zero-order valence-corrected chi connectivity index (χ0v) is 12.7. The van der Waals surface area contributed by atoms with Crippen molar-refractivity contribution in [3.63, 3.8) is 0 Å². The van der Waals surface area contributed by atoms with Crippen molar-refractivity contribution in [2.75, 3.05) is 13.2 Å². The van der Waals surface area contributed by atoms with Gasteiger partial charge in [0.25, 0.3) is 0 Å². The summed E-state index contributed by atoms with van der Waals surface area (Å²) in [5.74, 6) is 0.955. The summed E-state index contributed by atoms with van der Waals surface area (Å²) in [7, 11) is 0. The van der Waals surface area contributed by atoms with Gasteiger partial charge in [0, 0.05) is 18.0 Å². The molecule has 0 radical (unpaired) electrons. The molecule has 0 aliphatic heterocycles. The van der Waals surface area contributed by atoms with Crippen LogP contribution in [-0.4, -0.2) is 19.1 Å². The van der Waals surface area contributed by atoms with E-state index in [4.69, 9.17) is 27.8 Å². The molecule has 0 spiro atoms. The first-order valence-electron chi connectivity index (χ1n) is 5.04. The summed E-state index contributed by atoms with van der Waals surface area (Å²) >= 11 is 5.83. The Balaban J connectivity index is 0.00000256. The Bertz CT molecular complexity index is 381. The monoisotopic (exact) mass is 369 g/mol. The van der Waals surface area contributed by atoms with E-state index in [1.165, 1.54) is 0 Å². The number of rotatable bonds is 5. The summed E-state index contributed by atoms with van der Waals surface area (Å²) in [5, 5.41) is 0.713. The lowest BCUT2D eigenvalue weighted by molar-refractivity contribution is 0.311. The summed E-state index contributed by atoms with van der Waals surface area (Å²) in [6, 6.07) is 5.53. The summed E-state index contributed by atoms with van der Waals surface area (Å²) in [5.41, 5.74) is 11.4. The molecule has 0 aliphatic rings. The quantitative estimate of drug-likeness (QED) is 0.362. The molecule has 0 amide bonds. The Morgan fingerprint density at radius 1 is 1.41 bits per heavy atom. The molecular weight excluding hydrogens is 352 g/mol. The molecule has 0 heterocycles. The Labute approximate surface area is 123 Å². The van der Waals surface area contributed by atoms with E-state index in [9.17, 15) is 0 Å². The van der Waals surface area contributed by atoms with Gasteiger partial charge in [-0.05, 0) is 30.7 Å². The maximum absolute atomic E-state index is 5.83. The van der Waals surface area contributed by atoms with Gasteiger partial charge in [-0.3, -0.25) is 4.99 Å². The SMILES string of the molecule is Cc1cc(Cl)ccc1OCCCN=C(N)N.I. The standard InChI is InChI=1S/C11H16ClN3O.HI/c1-8-7-9(12)3-4-10(8)16-6-2-5-15-11(13)14;/h3-4,7H,2,5-6H2,1H3,(H4,13,14,15);1H. The molecule has 0 atom stereocenters. The van der Waals surface area contributed by atoms with Crippen molar-refractivity contribution in [1.82, 2.24) is 0 Å². The Morgan fingerprint density at radius 2 is 2.12 bits per heavy atom. The van der Waals surface area contributed by atoms with Gasteiger partial charge < -0.3 is 16.2 Å². The fourth-order valence-electron chi connectivity index (χ4n) is 1.23. The van der Waals surface area contributed by atoms with Gasteiger partial charge in [-0.1, -0.05) is 11.6 Å². The number of hydrogen-bond donors (Lipinski definition) is 2. The molecule has 0 saturated carbocycles. The molecule has 0 bridgehead atoms. The fraction of sp³-hybridized carbons (Fsp3) is 0.364. The first-order chi connectivity index (χ1) is 7.59. The number of aliphatic imine (C=N–C) groups is 1. The normalized spacial score (nSPS) is 9.29. The highest BCUT2D eigenvalue weighted by atomic mass is 127. The van der Waals surface area contributed by atoms with Crippen LogP contribution >= 0.6 is 35.6 Å². The second-order valence-corrected chi connectivity index (χ2v) is 3.85. The van der Waals surface area contributed by atoms with Crippen LogP contribution < -0.4 is 16.2 Å². The van der Waals surface area contributed by atoms with Crippen LogP contribution in [0.5, 0.6) is 5.75 Å². The Hall–Kier alpha value is -0.690. The number of nitrogens with two attached hydrogens (primary N) is 2. The van der Waals surface area contributed by atoms with E-state index in [-0.39, 0.29) is 29.9 Å². The predicted octanol–water partition coefficient (Wildman–Crippen LogP) is 2.31. The molecule has 0 aliphatic carbocycles.